The second-order valence-electron chi connectivity index (χ2n) is 4.25. The topological polar surface area (TPSA) is 54.6 Å². The number of carbonyl (C=O) groups is 1. The quantitative estimate of drug-likeness (QED) is 0.783. The number of hydrogen-bond donors (Lipinski definition) is 1. The Morgan fingerprint density at radius 1 is 1.29 bits per heavy atom. The Hall–Kier alpha value is -2.35. The fourth-order valence-corrected chi connectivity index (χ4v) is 2.91. The molecule has 2 aromatic heterocycles. The molecule has 3 rings (SSSR count). The number of fused-ring (bicyclic) bond motifs is 1. The fourth-order valence-electron chi connectivity index (χ4n) is 2.03. The van der Waals surface area contributed by atoms with Crippen LogP contribution in [0.15, 0.2) is 35.8 Å². The van der Waals surface area contributed by atoms with Crippen LogP contribution in [-0.4, -0.2) is 20.5 Å². The Morgan fingerprint density at radius 2 is 2.00 bits per heavy atom. The first kappa shape index (κ1) is 13.6. The number of carboxylic acids is 1. The molecule has 0 fully saturated rings. The number of hydrogen-bond acceptors (Lipinski definition) is 3. The predicted octanol–water partition coefficient (Wildman–Crippen LogP) is 3.78. The Labute approximate surface area is 120 Å². The van der Waals surface area contributed by atoms with E-state index in [-0.39, 0.29) is 17.0 Å². The number of aromatic carboxylic acids is 1. The van der Waals surface area contributed by atoms with Crippen LogP contribution in [0.3, 0.4) is 0 Å². The number of benzene rings is 1. The summed E-state index contributed by atoms with van der Waals surface area (Å²) >= 11 is 1.09. The molecular weight excluding hydrogens is 305 g/mol. The summed E-state index contributed by atoms with van der Waals surface area (Å²) in [5.41, 5.74) is -0.712. The number of alkyl halides is 3. The Balaban J connectivity index is 2.24. The Bertz CT molecular complexity index is 835. The molecule has 4 nitrogen and oxygen atoms in total. The maximum atomic E-state index is 13.1. The molecule has 0 radical (unpaired) electrons. The molecule has 0 saturated heterocycles. The van der Waals surface area contributed by atoms with E-state index in [0.717, 1.165) is 17.4 Å². The van der Waals surface area contributed by atoms with Gasteiger partial charge in [0.05, 0.1) is 11.3 Å². The van der Waals surface area contributed by atoms with Crippen molar-refractivity contribution in [2.45, 2.75) is 6.18 Å². The van der Waals surface area contributed by atoms with Crippen molar-refractivity contribution in [1.29, 1.82) is 0 Å². The summed E-state index contributed by atoms with van der Waals surface area (Å²) < 4.78 is 40.5. The molecule has 108 valence electrons. The molecule has 0 atom stereocenters. The van der Waals surface area contributed by atoms with Gasteiger partial charge < -0.3 is 5.11 Å². The second kappa shape index (κ2) is 4.59. The lowest BCUT2D eigenvalue weighted by Gasteiger charge is -2.11. The van der Waals surface area contributed by atoms with Crippen molar-refractivity contribution in [3.8, 4) is 11.3 Å². The van der Waals surface area contributed by atoms with Gasteiger partial charge in [0.15, 0.2) is 10.7 Å². The Kier molecular flexibility index (Phi) is 2.98. The summed E-state index contributed by atoms with van der Waals surface area (Å²) in [4.78, 5) is 15.1. The van der Waals surface area contributed by atoms with Gasteiger partial charge in [-0.3, -0.25) is 4.40 Å². The number of nitrogens with zero attached hydrogens (tertiary/aromatic N) is 2. The van der Waals surface area contributed by atoms with Crippen molar-refractivity contribution in [1.82, 2.24) is 9.38 Å². The lowest BCUT2D eigenvalue weighted by atomic mass is 10.0. The number of carboxylic acid groups (broad SMARTS) is 1. The lowest BCUT2D eigenvalue weighted by molar-refractivity contribution is -0.137. The van der Waals surface area contributed by atoms with Gasteiger partial charge in [-0.05, 0) is 6.07 Å². The van der Waals surface area contributed by atoms with Gasteiger partial charge in [-0.25, -0.2) is 9.78 Å². The zero-order chi connectivity index (χ0) is 15.2. The third-order valence-corrected chi connectivity index (χ3v) is 3.78. The minimum atomic E-state index is -4.49. The van der Waals surface area contributed by atoms with E-state index in [1.165, 1.54) is 34.2 Å². The van der Waals surface area contributed by atoms with Crippen LogP contribution in [0.4, 0.5) is 13.2 Å². The molecule has 8 heteroatoms. The molecule has 0 spiro atoms. The molecule has 1 N–H and O–H groups in total. The number of imidazole rings is 1. The molecule has 0 aliphatic rings. The molecule has 0 aliphatic heterocycles. The van der Waals surface area contributed by atoms with E-state index in [0.29, 0.717) is 4.96 Å². The van der Waals surface area contributed by atoms with Crippen molar-refractivity contribution < 1.29 is 23.1 Å². The Morgan fingerprint density at radius 3 is 2.67 bits per heavy atom. The smallest absolute Gasteiger partial charge is 0.417 e. The molecule has 1 aromatic carbocycles. The lowest BCUT2D eigenvalue weighted by Crippen LogP contribution is -2.07. The number of halogens is 3. The summed E-state index contributed by atoms with van der Waals surface area (Å²) in [5.74, 6) is -1.22. The zero-order valence-corrected chi connectivity index (χ0v) is 11.1. The molecule has 0 saturated carbocycles. The molecule has 0 amide bonds. The van der Waals surface area contributed by atoms with Gasteiger partial charge in [-0.2, -0.15) is 13.2 Å². The third-order valence-electron chi connectivity index (χ3n) is 2.94. The molecule has 0 bridgehead atoms. The highest BCUT2D eigenvalue weighted by atomic mass is 32.1. The van der Waals surface area contributed by atoms with Crippen LogP contribution in [0.5, 0.6) is 0 Å². The fraction of sp³-hybridized carbons (Fsp3) is 0.0769. The average Bonchev–Trinajstić information content (AvgIpc) is 2.97. The minimum absolute atomic E-state index is 0.00871. The first-order valence-corrected chi connectivity index (χ1v) is 6.62. The second-order valence-corrected chi connectivity index (χ2v) is 5.08. The molecule has 2 heterocycles. The first-order chi connectivity index (χ1) is 9.88. The number of rotatable bonds is 2. The molecular formula is C13H7F3N2O2S. The summed E-state index contributed by atoms with van der Waals surface area (Å²) in [6, 6.07) is 5.16. The van der Waals surface area contributed by atoms with Crippen molar-refractivity contribution in [2.75, 3.05) is 0 Å². The number of aromatic nitrogens is 2. The predicted molar refractivity (Wildman–Crippen MR) is 70.5 cm³/mol. The van der Waals surface area contributed by atoms with Gasteiger partial charge in [0.1, 0.15) is 0 Å². The standard InChI is InChI=1S/C13H7F3N2O2S/c14-13(15,16)8-4-2-1-3-7(8)10-6-21-12-17-9(11(19)20)5-18(10)12/h1-6H,(H,19,20). The zero-order valence-electron chi connectivity index (χ0n) is 10.3. The van der Waals surface area contributed by atoms with Gasteiger partial charge in [0.25, 0.3) is 0 Å². The third kappa shape index (κ3) is 2.27. The normalized spacial score (nSPS) is 12.0. The van der Waals surface area contributed by atoms with Crippen LogP contribution < -0.4 is 0 Å². The molecule has 3 aromatic rings. The van der Waals surface area contributed by atoms with Crippen LogP contribution in [0.1, 0.15) is 16.1 Å². The van der Waals surface area contributed by atoms with Crippen LogP contribution in [0.2, 0.25) is 0 Å². The van der Waals surface area contributed by atoms with Crippen LogP contribution >= 0.6 is 11.3 Å². The van der Waals surface area contributed by atoms with Gasteiger partial charge in [-0.15, -0.1) is 11.3 Å². The highest BCUT2D eigenvalue weighted by Crippen LogP contribution is 2.38. The highest BCUT2D eigenvalue weighted by molar-refractivity contribution is 7.15. The van der Waals surface area contributed by atoms with E-state index >= 15 is 0 Å². The summed E-state index contributed by atoms with van der Waals surface area (Å²) in [5, 5.41) is 10.4. The van der Waals surface area contributed by atoms with Crippen LogP contribution in [0.25, 0.3) is 16.2 Å². The van der Waals surface area contributed by atoms with Gasteiger partial charge in [0, 0.05) is 17.1 Å². The van der Waals surface area contributed by atoms with E-state index in [4.69, 9.17) is 5.11 Å². The maximum absolute atomic E-state index is 13.1. The summed E-state index contributed by atoms with van der Waals surface area (Å²) in [6.07, 6.45) is -3.27. The van der Waals surface area contributed by atoms with Crippen molar-refractivity contribution in [2.24, 2.45) is 0 Å². The van der Waals surface area contributed by atoms with Gasteiger partial charge >= 0.3 is 12.1 Å². The van der Waals surface area contributed by atoms with Gasteiger partial charge in [0.2, 0.25) is 0 Å². The molecule has 0 unspecified atom stereocenters. The van der Waals surface area contributed by atoms with Crippen molar-refractivity contribution >= 4 is 22.3 Å². The van der Waals surface area contributed by atoms with E-state index < -0.39 is 17.7 Å². The SMILES string of the molecule is O=C(O)c1cn2c(-c3ccccc3C(F)(F)F)csc2n1. The monoisotopic (exact) mass is 312 g/mol. The van der Waals surface area contributed by atoms with Gasteiger partial charge in [-0.1, -0.05) is 18.2 Å². The number of thiazole rings is 1. The molecule has 0 aliphatic carbocycles. The van der Waals surface area contributed by atoms with Crippen LogP contribution in [-0.2, 0) is 6.18 Å². The van der Waals surface area contributed by atoms with Crippen LogP contribution in [0, 0.1) is 0 Å². The summed E-state index contributed by atoms with van der Waals surface area (Å²) in [7, 11) is 0. The van der Waals surface area contributed by atoms with E-state index in [1.807, 2.05) is 0 Å². The van der Waals surface area contributed by atoms with E-state index in [9.17, 15) is 18.0 Å². The minimum Gasteiger partial charge on any atom is -0.476 e. The summed E-state index contributed by atoms with van der Waals surface area (Å²) in [6.45, 7) is 0. The molecule has 21 heavy (non-hydrogen) atoms. The average molecular weight is 312 g/mol. The van der Waals surface area contributed by atoms with Crippen molar-refractivity contribution in [3.05, 3.63) is 47.1 Å². The largest absolute Gasteiger partial charge is 0.476 e. The maximum Gasteiger partial charge on any atom is 0.417 e. The first-order valence-electron chi connectivity index (χ1n) is 5.74. The van der Waals surface area contributed by atoms with E-state index in [1.54, 1.807) is 0 Å². The van der Waals surface area contributed by atoms with E-state index in [2.05, 4.69) is 4.98 Å². The highest BCUT2D eigenvalue weighted by Gasteiger charge is 2.34. The van der Waals surface area contributed by atoms with Crippen molar-refractivity contribution in [3.63, 3.8) is 0 Å².